The van der Waals surface area contributed by atoms with Gasteiger partial charge in [-0.3, -0.25) is 0 Å². The summed E-state index contributed by atoms with van der Waals surface area (Å²) in [5.74, 6) is 0. The summed E-state index contributed by atoms with van der Waals surface area (Å²) in [4.78, 5) is 0. The molecule has 0 aliphatic rings. The SMILES string of the molecule is CCCN(CCO)S(=O)(=O)CBr. The van der Waals surface area contributed by atoms with Gasteiger partial charge in [-0.25, -0.2) is 8.42 Å². The Balaban J connectivity index is 4.28. The first-order valence-electron chi connectivity index (χ1n) is 3.73. The van der Waals surface area contributed by atoms with Crippen molar-refractivity contribution in [2.24, 2.45) is 0 Å². The molecular weight excluding hydrogens is 246 g/mol. The van der Waals surface area contributed by atoms with Crippen molar-refractivity contribution in [1.29, 1.82) is 0 Å². The number of halogens is 1. The van der Waals surface area contributed by atoms with Crippen molar-refractivity contribution in [3.8, 4) is 0 Å². The number of alkyl halides is 1. The molecule has 0 rings (SSSR count). The molecule has 0 unspecified atom stereocenters. The zero-order valence-electron chi connectivity index (χ0n) is 7.03. The first kappa shape index (κ1) is 12.3. The topological polar surface area (TPSA) is 57.6 Å². The average molecular weight is 260 g/mol. The van der Waals surface area contributed by atoms with Crippen LogP contribution < -0.4 is 0 Å². The molecule has 0 aromatic carbocycles. The van der Waals surface area contributed by atoms with Gasteiger partial charge in [0, 0.05) is 13.1 Å². The number of sulfonamides is 1. The summed E-state index contributed by atoms with van der Waals surface area (Å²) in [5.41, 5.74) is 0. The van der Waals surface area contributed by atoms with Crippen LogP contribution >= 0.6 is 15.9 Å². The van der Waals surface area contributed by atoms with Gasteiger partial charge in [0.15, 0.2) is 0 Å². The fraction of sp³-hybridized carbons (Fsp3) is 1.00. The maximum Gasteiger partial charge on any atom is 0.224 e. The quantitative estimate of drug-likeness (QED) is 0.702. The molecule has 0 saturated carbocycles. The van der Waals surface area contributed by atoms with E-state index in [1.807, 2.05) is 6.92 Å². The van der Waals surface area contributed by atoms with Gasteiger partial charge in [-0.15, -0.1) is 0 Å². The van der Waals surface area contributed by atoms with Crippen LogP contribution in [0, 0.1) is 0 Å². The summed E-state index contributed by atoms with van der Waals surface area (Å²) in [6, 6.07) is 0. The van der Waals surface area contributed by atoms with E-state index in [2.05, 4.69) is 15.9 Å². The minimum Gasteiger partial charge on any atom is -0.395 e. The molecule has 0 spiro atoms. The Morgan fingerprint density at radius 2 is 2.00 bits per heavy atom. The zero-order valence-corrected chi connectivity index (χ0v) is 9.44. The molecule has 0 fully saturated rings. The Bertz CT molecular complexity index is 199. The monoisotopic (exact) mass is 259 g/mol. The number of rotatable bonds is 6. The maximum atomic E-state index is 11.2. The highest BCUT2D eigenvalue weighted by molar-refractivity contribution is 9.10. The van der Waals surface area contributed by atoms with Crippen molar-refractivity contribution in [3.63, 3.8) is 0 Å². The van der Waals surface area contributed by atoms with Gasteiger partial charge in [0.25, 0.3) is 0 Å². The molecule has 0 atom stereocenters. The minimum atomic E-state index is -3.19. The van der Waals surface area contributed by atoms with Crippen LogP contribution in [0.5, 0.6) is 0 Å². The fourth-order valence-electron chi connectivity index (χ4n) is 0.820. The third-order valence-corrected chi connectivity index (χ3v) is 4.52. The molecule has 0 aromatic rings. The van der Waals surface area contributed by atoms with Crippen molar-refractivity contribution >= 4 is 26.0 Å². The van der Waals surface area contributed by atoms with Gasteiger partial charge in [-0.05, 0) is 6.42 Å². The van der Waals surface area contributed by atoms with Gasteiger partial charge < -0.3 is 5.11 Å². The Morgan fingerprint density at radius 1 is 1.42 bits per heavy atom. The Morgan fingerprint density at radius 3 is 2.33 bits per heavy atom. The van der Waals surface area contributed by atoms with E-state index in [0.29, 0.717) is 6.54 Å². The van der Waals surface area contributed by atoms with Gasteiger partial charge in [0.05, 0.1) is 6.61 Å². The van der Waals surface area contributed by atoms with E-state index in [4.69, 9.17) is 5.11 Å². The van der Waals surface area contributed by atoms with Crippen molar-refractivity contribution in [2.75, 3.05) is 24.4 Å². The summed E-state index contributed by atoms with van der Waals surface area (Å²) in [5, 5.41) is 8.60. The second-order valence-corrected chi connectivity index (χ2v) is 5.62. The summed E-state index contributed by atoms with van der Waals surface area (Å²) in [7, 11) is -3.19. The molecule has 0 heterocycles. The van der Waals surface area contributed by atoms with Crippen molar-refractivity contribution in [2.45, 2.75) is 13.3 Å². The number of aliphatic hydroxyl groups excluding tert-OH is 1. The highest BCUT2D eigenvalue weighted by atomic mass is 79.9. The van der Waals surface area contributed by atoms with E-state index >= 15 is 0 Å². The van der Waals surface area contributed by atoms with Crippen LogP contribution in [0.1, 0.15) is 13.3 Å². The molecule has 6 heteroatoms. The molecule has 0 saturated heterocycles. The molecule has 0 aliphatic carbocycles. The Hall–Kier alpha value is 0.350. The van der Waals surface area contributed by atoms with Crippen molar-refractivity contribution < 1.29 is 13.5 Å². The Labute approximate surface area is 81.7 Å². The highest BCUT2D eigenvalue weighted by Gasteiger charge is 2.18. The van der Waals surface area contributed by atoms with Gasteiger partial charge in [-0.2, -0.15) is 4.31 Å². The molecular formula is C6H14BrNO3S. The number of hydrogen-bond donors (Lipinski definition) is 1. The van der Waals surface area contributed by atoms with Crippen molar-refractivity contribution in [1.82, 2.24) is 4.31 Å². The summed E-state index contributed by atoms with van der Waals surface area (Å²) >= 11 is 2.90. The molecule has 12 heavy (non-hydrogen) atoms. The lowest BCUT2D eigenvalue weighted by Crippen LogP contribution is -2.34. The molecule has 0 aliphatic heterocycles. The molecule has 0 bridgehead atoms. The second-order valence-electron chi connectivity index (χ2n) is 2.34. The molecule has 0 amide bonds. The van der Waals surface area contributed by atoms with E-state index in [1.54, 1.807) is 0 Å². The largest absolute Gasteiger partial charge is 0.395 e. The standard InChI is InChI=1S/C6H14BrNO3S/c1-2-3-8(4-5-9)12(10,11)6-7/h9H,2-6H2,1H3. The fourth-order valence-corrected chi connectivity index (χ4v) is 2.65. The summed E-state index contributed by atoms with van der Waals surface area (Å²) in [6.45, 7) is 2.41. The second kappa shape index (κ2) is 5.90. The van der Waals surface area contributed by atoms with Gasteiger partial charge in [0.1, 0.15) is 4.66 Å². The normalized spacial score (nSPS) is 12.3. The van der Waals surface area contributed by atoms with Crippen LogP contribution in [0.15, 0.2) is 0 Å². The predicted molar refractivity (Wildman–Crippen MR) is 51.7 cm³/mol. The smallest absolute Gasteiger partial charge is 0.224 e. The maximum absolute atomic E-state index is 11.2. The van der Waals surface area contributed by atoms with Gasteiger partial charge in [-0.1, -0.05) is 22.9 Å². The average Bonchev–Trinajstić information content (AvgIpc) is 2.04. The zero-order chi connectivity index (χ0) is 9.61. The highest BCUT2D eigenvalue weighted by Crippen LogP contribution is 2.04. The first-order valence-corrected chi connectivity index (χ1v) is 6.46. The lowest BCUT2D eigenvalue weighted by Gasteiger charge is -2.18. The first-order chi connectivity index (χ1) is 5.58. The number of nitrogens with zero attached hydrogens (tertiary/aromatic N) is 1. The van der Waals surface area contributed by atoms with Crippen LogP contribution in [0.25, 0.3) is 0 Å². The van der Waals surface area contributed by atoms with Crippen LogP contribution in [-0.2, 0) is 10.0 Å². The Kier molecular flexibility index (Phi) is 6.08. The van der Waals surface area contributed by atoms with Crippen molar-refractivity contribution in [3.05, 3.63) is 0 Å². The summed E-state index contributed by atoms with van der Waals surface area (Å²) < 4.78 is 23.7. The van der Waals surface area contributed by atoms with Crippen LogP contribution in [0.4, 0.5) is 0 Å². The third-order valence-electron chi connectivity index (χ3n) is 1.35. The predicted octanol–water partition coefficient (Wildman–Crippen LogP) is 0.373. The van der Waals surface area contributed by atoms with E-state index in [0.717, 1.165) is 6.42 Å². The molecule has 74 valence electrons. The lowest BCUT2D eigenvalue weighted by molar-refractivity contribution is 0.254. The number of aliphatic hydroxyl groups is 1. The van der Waals surface area contributed by atoms with Crippen LogP contribution in [0.2, 0.25) is 0 Å². The third kappa shape index (κ3) is 3.84. The number of hydrogen-bond acceptors (Lipinski definition) is 3. The summed E-state index contributed by atoms with van der Waals surface area (Å²) in [6.07, 6.45) is 0.756. The molecule has 0 radical (unpaired) electrons. The van der Waals surface area contributed by atoms with E-state index in [9.17, 15) is 8.42 Å². The van der Waals surface area contributed by atoms with Crippen LogP contribution in [0.3, 0.4) is 0 Å². The van der Waals surface area contributed by atoms with Gasteiger partial charge in [0.2, 0.25) is 10.0 Å². The molecule has 1 N–H and O–H groups in total. The van der Waals surface area contributed by atoms with E-state index in [1.165, 1.54) is 4.31 Å². The minimum absolute atomic E-state index is 0.0833. The molecule has 0 aromatic heterocycles. The van der Waals surface area contributed by atoms with E-state index < -0.39 is 10.0 Å². The molecule has 4 nitrogen and oxygen atoms in total. The van der Waals surface area contributed by atoms with Gasteiger partial charge >= 0.3 is 0 Å². The van der Waals surface area contributed by atoms with Crippen LogP contribution in [-0.4, -0.2) is 42.2 Å². The van der Waals surface area contributed by atoms with E-state index in [-0.39, 0.29) is 17.8 Å². The lowest BCUT2D eigenvalue weighted by atomic mass is 10.5.